The molecule has 0 saturated heterocycles. The van der Waals surface area contributed by atoms with Gasteiger partial charge < -0.3 is 0 Å². The Kier molecular flexibility index (Phi) is 1.19. The third-order valence-electron chi connectivity index (χ3n) is 1.81. The molecule has 1 fully saturated rings. The van der Waals surface area contributed by atoms with Crippen LogP contribution in [-0.4, -0.2) is 15.9 Å². The van der Waals surface area contributed by atoms with Crippen LogP contribution in [0.5, 0.6) is 0 Å². The van der Waals surface area contributed by atoms with Gasteiger partial charge in [0.2, 0.25) is 0 Å². The molecule has 0 aromatic carbocycles. The second-order valence-corrected chi connectivity index (χ2v) is 2.69. The zero-order valence-corrected chi connectivity index (χ0v) is 5.67. The van der Waals surface area contributed by atoms with Crippen molar-refractivity contribution in [3.05, 3.63) is 24.3 Å². The lowest BCUT2D eigenvalue weighted by Crippen LogP contribution is -1.93. The van der Waals surface area contributed by atoms with Crippen molar-refractivity contribution >= 4 is 0 Å². The second kappa shape index (κ2) is 1.96. The summed E-state index contributed by atoms with van der Waals surface area (Å²) in [7, 11) is 0. The Balaban J connectivity index is 2.21. The largest absolute Gasteiger partial charge is 0.256 e. The van der Waals surface area contributed by atoms with Gasteiger partial charge in [-0.3, -0.25) is 0 Å². The van der Waals surface area contributed by atoms with Crippen molar-refractivity contribution in [2.24, 2.45) is 0 Å². The van der Waals surface area contributed by atoms with Gasteiger partial charge in [-0.15, -0.1) is 0 Å². The standard InChI is InChI=1S/C7H6F2N2/c8-7(9)1-6(7)5-2-10-4-11-3-5/h2-4,6H,1H2. The molecule has 1 aliphatic rings. The first-order valence-corrected chi connectivity index (χ1v) is 3.33. The molecule has 0 spiro atoms. The summed E-state index contributed by atoms with van der Waals surface area (Å²) in [5, 5.41) is 0. The van der Waals surface area contributed by atoms with E-state index in [2.05, 4.69) is 9.97 Å². The minimum absolute atomic E-state index is 0.0552. The number of hydrogen-bond acceptors (Lipinski definition) is 2. The van der Waals surface area contributed by atoms with Gasteiger partial charge in [0.05, 0.1) is 5.92 Å². The van der Waals surface area contributed by atoms with Crippen molar-refractivity contribution in [1.82, 2.24) is 9.97 Å². The number of hydrogen-bond donors (Lipinski definition) is 0. The Hall–Kier alpha value is -1.06. The maximum Gasteiger partial charge on any atom is 0.256 e. The smallest absolute Gasteiger partial charge is 0.245 e. The number of aromatic nitrogens is 2. The molecule has 2 rings (SSSR count). The Morgan fingerprint density at radius 1 is 1.36 bits per heavy atom. The Morgan fingerprint density at radius 2 is 1.91 bits per heavy atom. The number of halogens is 2. The molecule has 1 aliphatic carbocycles. The fourth-order valence-electron chi connectivity index (χ4n) is 1.07. The lowest BCUT2D eigenvalue weighted by molar-refractivity contribution is 0.112. The predicted octanol–water partition coefficient (Wildman–Crippen LogP) is 1.60. The van der Waals surface area contributed by atoms with Gasteiger partial charge >= 0.3 is 0 Å². The molecular weight excluding hydrogens is 150 g/mol. The molecule has 0 amide bonds. The summed E-state index contributed by atoms with van der Waals surface area (Å²) in [6.07, 6.45) is 4.17. The number of alkyl halides is 2. The van der Waals surface area contributed by atoms with E-state index in [0.29, 0.717) is 5.56 Å². The Morgan fingerprint density at radius 3 is 2.36 bits per heavy atom. The number of rotatable bonds is 1. The minimum Gasteiger partial charge on any atom is -0.245 e. The van der Waals surface area contributed by atoms with E-state index in [-0.39, 0.29) is 6.42 Å². The monoisotopic (exact) mass is 156 g/mol. The SMILES string of the molecule is FC1(F)CC1c1cncnc1. The molecule has 0 aliphatic heterocycles. The maximum atomic E-state index is 12.4. The molecule has 2 nitrogen and oxygen atoms in total. The third-order valence-corrected chi connectivity index (χ3v) is 1.81. The molecule has 1 aromatic heterocycles. The molecule has 0 N–H and O–H groups in total. The first kappa shape index (κ1) is 6.64. The van der Waals surface area contributed by atoms with Crippen molar-refractivity contribution in [3.63, 3.8) is 0 Å². The first-order valence-electron chi connectivity index (χ1n) is 3.33. The van der Waals surface area contributed by atoms with Crippen LogP contribution < -0.4 is 0 Å². The van der Waals surface area contributed by atoms with Gasteiger partial charge in [0, 0.05) is 18.8 Å². The summed E-state index contributed by atoms with van der Waals surface area (Å²) in [6.45, 7) is 0. The highest BCUT2D eigenvalue weighted by molar-refractivity contribution is 5.23. The molecule has 1 unspecified atom stereocenters. The van der Waals surface area contributed by atoms with Gasteiger partial charge in [-0.05, 0) is 5.56 Å². The molecule has 1 aromatic rings. The van der Waals surface area contributed by atoms with E-state index in [0.717, 1.165) is 0 Å². The summed E-state index contributed by atoms with van der Waals surface area (Å²) >= 11 is 0. The molecule has 1 heterocycles. The molecule has 11 heavy (non-hydrogen) atoms. The number of nitrogens with zero attached hydrogens (tertiary/aromatic N) is 2. The average molecular weight is 156 g/mol. The zero-order valence-electron chi connectivity index (χ0n) is 5.67. The van der Waals surface area contributed by atoms with Crippen molar-refractivity contribution in [3.8, 4) is 0 Å². The van der Waals surface area contributed by atoms with Gasteiger partial charge in [0.25, 0.3) is 5.92 Å². The fourth-order valence-corrected chi connectivity index (χ4v) is 1.07. The molecule has 0 radical (unpaired) electrons. The molecule has 1 saturated carbocycles. The summed E-state index contributed by atoms with van der Waals surface area (Å²) in [5.74, 6) is -3.14. The van der Waals surface area contributed by atoms with Crippen LogP contribution in [0.3, 0.4) is 0 Å². The molecular formula is C7H6F2N2. The van der Waals surface area contributed by atoms with Crippen molar-refractivity contribution in [1.29, 1.82) is 0 Å². The van der Waals surface area contributed by atoms with E-state index < -0.39 is 11.8 Å². The highest BCUT2D eigenvalue weighted by Crippen LogP contribution is 2.55. The lowest BCUT2D eigenvalue weighted by atomic mass is 10.2. The van der Waals surface area contributed by atoms with Crippen molar-refractivity contribution in [2.75, 3.05) is 0 Å². The fraction of sp³-hybridized carbons (Fsp3) is 0.429. The topological polar surface area (TPSA) is 25.8 Å². The highest BCUT2D eigenvalue weighted by atomic mass is 19.3. The Labute approximate surface area is 62.3 Å². The summed E-state index contributed by atoms with van der Waals surface area (Å²) in [4.78, 5) is 7.33. The van der Waals surface area contributed by atoms with E-state index in [1.807, 2.05) is 0 Å². The molecule has 4 heteroatoms. The quantitative estimate of drug-likeness (QED) is 0.617. The van der Waals surface area contributed by atoms with Crippen LogP contribution in [0.2, 0.25) is 0 Å². The van der Waals surface area contributed by atoms with Gasteiger partial charge in [-0.2, -0.15) is 0 Å². The van der Waals surface area contributed by atoms with Crippen molar-refractivity contribution in [2.45, 2.75) is 18.3 Å². The maximum absolute atomic E-state index is 12.4. The summed E-state index contributed by atoms with van der Waals surface area (Å²) in [6, 6.07) is 0. The summed E-state index contributed by atoms with van der Waals surface area (Å²) < 4.78 is 24.9. The van der Waals surface area contributed by atoms with Crippen LogP contribution in [0.25, 0.3) is 0 Å². The molecule has 1 atom stereocenters. The van der Waals surface area contributed by atoms with E-state index in [1.165, 1.54) is 18.7 Å². The van der Waals surface area contributed by atoms with Gasteiger partial charge in [0.15, 0.2) is 0 Å². The highest BCUT2D eigenvalue weighted by Gasteiger charge is 2.57. The first-order chi connectivity index (χ1) is 5.20. The zero-order chi connectivity index (χ0) is 7.90. The van der Waals surface area contributed by atoms with Crippen LogP contribution in [0.4, 0.5) is 8.78 Å². The second-order valence-electron chi connectivity index (χ2n) is 2.69. The molecule has 58 valence electrons. The summed E-state index contributed by atoms with van der Waals surface area (Å²) in [5.41, 5.74) is 0.539. The van der Waals surface area contributed by atoms with E-state index in [4.69, 9.17) is 0 Å². The van der Waals surface area contributed by atoms with Gasteiger partial charge in [-0.1, -0.05) is 0 Å². The van der Waals surface area contributed by atoms with Gasteiger partial charge in [-0.25, -0.2) is 18.7 Å². The minimum atomic E-state index is -2.51. The van der Waals surface area contributed by atoms with E-state index >= 15 is 0 Å². The van der Waals surface area contributed by atoms with E-state index in [9.17, 15) is 8.78 Å². The van der Waals surface area contributed by atoms with Crippen LogP contribution in [0.15, 0.2) is 18.7 Å². The van der Waals surface area contributed by atoms with Crippen LogP contribution in [-0.2, 0) is 0 Å². The lowest BCUT2D eigenvalue weighted by Gasteiger charge is -1.94. The normalized spacial score (nSPS) is 26.5. The van der Waals surface area contributed by atoms with Crippen LogP contribution in [0.1, 0.15) is 17.9 Å². The van der Waals surface area contributed by atoms with Crippen LogP contribution in [0, 0.1) is 0 Å². The van der Waals surface area contributed by atoms with Gasteiger partial charge in [0.1, 0.15) is 6.33 Å². The average Bonchev–Trinajstić information content (AvgIpc) is 2.62. The van der Waals surface area contributed by atoms with Crippen molar-refractivity contribution < 1.29 is 8.78 Å². The predicted molar refractivity (Wildman–Crippen MR) is 34.3 cm³/mol. The third kappa shape index (κ3) is 1.08. The van der Waals surface area contributed by atoms with Crippen LogP contribution >= 0.6 is 0 Å². The van der Waals surface area contributed by atoms with E-state index in [1.54, 1.807) is 0 Å². The Bertz CT molecular complexity index is 260. The molecule has 0 bridgehead atoms.